The molecule has 0 bridgehead atoms. The van der Waals surface area contributed by atoms with Crippen LogP contribution >= 0.6 is 0 Å². The van der Waals surface area contributed by atoms with Gasteiger partial charge in [0.1, 0.15) is 5.54 Å². The Labute approximate surface area is 190 Å². The van der Waals surface area contributed by atoms with Crippen molar-refractivity contribution in [2.45, 2.75) is 70.4 Å². The van der Waals surface area contributed by atoms with Crippen molar-refractivity contribution >= 4 is 23.8 Å². The number of amides is 5. The third kappa shape index (κ3) is 4.49. The van der Waals surface area contributed by atoms with Crippen LogP contribution < -0.4 is 5.32 Å². The molecule has 0 radical (unpaired) electrons. The van der Waals surface area contributed by atoms with Crippen molar-refractivity contribution in [1.29, 1.82) is 0 Å². The fourth-order valence-corrected chi connectivity index (χ4v) is 5.59. The molecule has 4 heterocycles. The number of carbonyl (C=O) groups is 4. The van der Waals surface area contributed by atoms with Crippen LogP contribution in [0.25, 0.3) is 0 Å². The maximum absolute atomic E-state index is 13.4. The second-order valence-electron chi connectivity index (χ2n) is 10.1. The minimum absolute atomic E-state index is 0.0786. The summed E-state index contributed by atoms with van der Waals surface area (Å²) < 4.78 is 0. The summed E-state index contributed by atoms with van der Waals surface area (Å²) in [4.78, 5) is 58.7. The molecule has 0 aliphatic carbocycles. The van der Waals surface area contributed by atoms with Crippen molar-refractivity contribution in [3.8, 4) is 0 Å². The number of imide groups is 1. The van der Waals surface area contributed by atoms with Crippen LogP contribution in [-0.4, -0.2) is 101 Å². The zero-order valence-corrected chi connectivity index (χ0v) is 19.5. The summed E-state index contributed by atoms with van der Waals surface area (Å²) in [6, 6.07) is -0.634. The molecule has 4 rings (SSSR count). The van der Waals surface area contributed by atoms with Crippen LogP contribution in [0.1, 0.15) is 58.8 Å². The molecule has 5 amide bonds. The molecule has 1 atom stereocenters. The average molecular weight is 448 g/mol. The average Bonchev–Trinajstić information content (AvgIpc) is 3.03. The van der Waals surface area contributed by atoms with Crippen LogP contribution in [0.2, 0.25) is 0 Å². The summed E-state index contributed by atoms with van der Waals surface area (Å²) in [5.74, 6) is -0.0814. The Morgan fingerprint density at radius 1 is 0.969 bits per heavy atom. The Morgan fingerprint density at radius 3 is 2.31 bits per heavy atom. The molecule has 1 N–H and O–H groups in total. The Morgan fingerprint density at radius 2 is 1.66 bits per heavy atom. The molecule has 178 valence electrons. The molecule has 1 unspecified atom stereocenters. The van der Waals surface area contributed by atoms with Gasteiger partial charge in [-0.1, -0.05) is 20.3 Å². The first-order chi connectivity index (χ1) is 15.3. The highest BCUT2D eigenvalue weighted by atomic mass is 16.2. The van der Waals surface area contributed by atoms with E-state index >= 15 is 0 Å². The Bertz CT molecular complexity index is 755. The molecule has 0 aromatic carbocycles. The first-order valence-corrected chi connectivity index (χ1v) is 12.3. The van der Waals surface area contributed by atoms with Gasteiger partial charge in [-0.05, 0) is 51.6 Å². The van der Waals surface area contributed by atoms with E-state index in [0.717, 1.165) is 38.8 Å². The number of nitrogens with zero attached hydrogens (tertiary/aromatic N) is 4. The van der Waals surface area contributed by atoms with Gasteiger partial charge in [-0.25, -0.2) is 4.79 Å². The summed E-state index contributed by atoms with van der Waals surface area (Å²) in [5.41, 5.74) is -0.912. The molecule has 4 aliphatic rings. The van der Waals surface area contributed by atoms with Crippen LogP contribution in [0.4, 0.5) is 4.79 Å². The molecule has 4 aliphatic heterocycles. The fraction of sp³-hybridized carbons (Fsp3) is 0.826. The fourth-order valence-electron chi connectivity index (χ4n) is 5.59. The SMILES string of the molecule is CC(C)C(=O)N1CCC2(CC1)NC(=O)N(C1CCCN(C(=O)CN3CCCCC3)C1)C2=O. The van der Waals surface area contributed by atoms with Gasteiger partial charge in [0.15, 0.2) is 0 Å². The van der Waals surface area contributed by atoms with E-state index in [1.54, 1.807) is 4.90 Å². The number of carbonyl (C=O) groups excluding carboxylic acids is 4. The Balaban J connectivity index is 1.37. The van der Waals surface area contributed by atoms with Crippen LogP contribution in [0.15, 0.2) is 0 Å². The van der Waals surface area contributed by atoms with E-state index in [0.29, 0.717) is 45.6 Å². The molecular weight excluding hydrogens is 410 g/mol. The predicted molar refractivity (Wildman–Crippen MR) is 119 cm³/mol. The number of hydrogen-bond donors (Lipinski definition) is 1. The number of hydrogen-bond acceptors (Lipinski definition) is 5. The van der Waals surface area contributed by atoms with Crippen molar-refractivity contribution in [2.24, 2.45) is 5.92 Å². The normalized spacial score (nSPS) is 26.7. The van der Waals surface area contributed by atoms with E-state index in [1.807, 2.05) is 18.7 Å². The van der Waals surface area contributed by atoms with Crippen molar-refractivity contribution in [3.05, 3.63) is 0 Å². The lowest BCUT2D eigenvalue weighted by Gasteiger charge is -2.40. The second kappa shape index (κ2) is 9.37. The molecule has 0 saturated carbocycles. The van der Waals surface area contributed by atoms with E-state index in [9.17, 15) is 19.2 Å². The van der Waals surface area contributed by atoms with Crippen LogP contribution in [0.3, 0.4) is 0 Å². The van der Waals surface area contributed by atoms with E-state index in [2.05, 4.69) is 10.2 Å². The molecular formula is C23H37N5O4. The zero-order valence-electron chi connectivity index (χ0n) is 19.5. The Kier molecular flexibility index (Phi) is 6.74. The molecule has 32 heavy (non-hydrogen) atoms. The van der Waals surface area contributed by atoms with Gasteiger partial charge in [0, 0.05) is 32.1 Å². The molecule has 9 nitrogen and oxygen atoms in total. The van der Waals surface area contributed by atoms with Gasteiger partial charge in [0.05, 0.1) is 12.6 Å². The number of likely N-dealkylation sites (tertiary alicyclic amines) is 3. The van der Waals surface area contributed by atoms with Gasteiger partial charge in [-0.3, -0.25) is 24.2 Å². The van der Waals surface area contributed by atoms with Gasteiger partial charge in [-0.15, -0.1) is 0 Å². The standard InChI is InChI=1S/C23H37N5O4/c1-17(2)20(30)26-13-8-23(9-14-26)21(31)28(22(32)24-23)18-7-6-12-27(15-18)19(29)16-25-10-4-3-5-11-25/h17-18H,3-16H2,1-2H3,(H,24,32). The quantitative estimate of drug-likeness (QED) is 0.650. The lowest BCUT2D eigenvalue weighted by atomic mass is 9.86. The molecule has 4 fully saturated rings. The largest absolute Gasteiger partial charge is 0.342 e. The molecule has 4 saturated heterocycles. The first-order valence-electron chi connectivity index (χ1n) is 12.3. The minimum atomic E-state index is -0.912. The lowest BCUT2D eigenvalue weighted by Crippen LogP contribution is -2.57. The van der Waals surface area contributed by atoms with E-state index in [-0.39, 0.29) is 35.7 Å². The maximum atomic E-state index is 13.4. The van der Waals surface area contributed by atoms with Crippen molar-refractivity contribution in [3.63, 3.8) is 0 Å². The summed E-state index contributed by atoms with van der Waals surface area (Å²) in [6.07, 6.45) is 5.90. The number of piperidine rings is 3. The smallest absolute Gasteiger partial charge is 0.325 e. The van der Waals surface area contributed by atoms with Crippen molar-refractivity contribution in [2.75, 3.05) is 45.8 Å². The Hall–Kier alpha value is -2.16. The molecule has 0 aromatic rings. The third-order valence-electron chi connectivity index (χ3n) is 7.54. The zero-order chi connectivity index (χ0) is 22.9. The van der Waals surface area contributed by atoms with Gasteiger partial charge in [-0.2, -0.15) is 0 Å². The first kappa shape index (κ1) is 23.0. The summed E-state index contributed by atoms with van der Waals surface area (Å²) in [5, 5.41) is 2.95. The maximum Gasteiger partial charge on any atom is 0.325 e. The van der Waals surface area contributed by atoms with Crippen LogP contribution in [0, 0.1) is 5.92 Å². The molecule has 0 aromatic heterocycles. The minimum Gasteiger partial charge on any atom is -0.342 e. The van der Waals surface area contributed by atoms with E-state index in [4.69, 9.17) is 0 Å². The number of urea groups is 1. The van der Waals surface area contributed by atoms with Crippen LogP contribution in [-0.2, 0) is 14.4 Å². The summed E-state index contributed by atoms with van der Waals surface area (Å²) in [6.45, 7) is 8.16. The number of nitrogens with one attached hydrogen (secondary N) is 1. The van der Waals surface area contributed by atoms with Gasteiger partial charge in [0.2, 0.25) is 11.8 Å². The highest BCUT2D eigenvalue weighted by Gasteiger charge is 2.55. The van der Waals surface area contributed by atoms with Crippen molar-refractivity contribution in [1.82, 2.24) is 24.9 Å². The van der Waals surface area contributed by atoms with Gasteiger partial charge >= 0.3 is 6.03 Å². The van der Waals surface area contributed by atoms with Gasteiger partial charge < -0.3 is 15.1 Å². The molecule has 1 spiro atoms. The highest BCUT2D eigenvalue weighted by molar-refractivity contribution is 6.07. The third-order valence-corrected chi connectivity index (χ3v) is 7.54. The topological polar surface area (TPSA) is 93.3 Å². The predicted octanol–water partition coefficient (Wildman–Crippen LogP) is 1.03. The highest BCUT2D eigenvalue weighted by Crippen LogP contribution is 2.32. The monoisotopic (exact) mass is 447 g/mol. The summed E-state index contributed by atoms with van der Waals surface area (Å²) in [7, 11) is 0. The van der Waals surface area contributed by atoms with Crippen LogP contribution in [0.5, 0.6) is 0 Å². The van der Waals surface area contributed by atoms with E-state index < -0.39 is 5.54 Å². The lowest BCUT2D eigenvalue weighted by molar-refractivity contribution is -0.142. The number of rotatable bonds is 4. The molecule has 9 heteroatoms. The van der Waals surface area contributed by atoms with E-state index in [1.165, 1.54) is 11.3 Å². The van der Waals surface area contributed by atoms with Gasteiger partial charge in [0.25, 0.3) is 5.91 Å². The summed E-state index contributed by atoms with van der Waals surface area (Å²) >= 11 is 0. The van der Waals surface area contributed by atoms with Crippen molar-refractivity contribution < 1.29 is 19.2 Å². The second-order valence-corrected chi connectivity index (χ2v) is 10.1.